The minimum Gasteiger partial charge on any atom is -0.211 e. The van der Waals surface area contributed by atoms with Gasteiger partial charge in [0, 0.05) is 10.6 Å². The standard InChI is InChI=1S/C11H8BrClFNO/c12-8-4-7(9(13)5-10(8)14)11(15-6-16)2-1-3-11/h4-5H,1-3H2. The summed E-state index contributed by atoms with van der Waals surface area (Å²) in [5.41, 5.74) is 0.103. The number of benzene rings is 1. The Bertz CT molecular complexity index is 481. The van der Waals surface area contributed by atoms with E-state index in [1.807, 2.05) is 0 Å². The highest BCUT2D eigenvalue weighted by atomic mass is 79.9. The summed E-state index contributed by atoms with van der Waals surface area (Å²) in [7, 11) is 0. The van der Waals surface area contributed by atoms with Gasteiger partial charge in [0.1, 0.15) is 5.82 Å². The lowest BCUT2D eigenvalue weighted by molar-refractivity contribution is 0.256. The summed E-state index contributed by atoms with van der Waals surface area (Å²) in [6.45, 7) is 0. The fourth-order valence-corrected chi connectivity index (χ4v) is 2.59. The molecular weight excluding hydrogens is 296 g/mol. The summed E-state index contributed by atoms with van der Waals surface area (Å²) in [5.74, 6) is -0.418. The monoisotopic (exact) mass is 303 g/mol. The molecule has 0 N–H and O–H groups in total. The SMILES string of the molecule is O=C=NC1(c2cc(Br)c(F)cc2Cl)CCC1. The molecule has 2 nitrogen and oxygen atoms in total. The lowest BCUT2D eigenvalue weighted by atomic mass is 9.72. The van der Waals surface area contributed by atoms with Gasteiger partial charge < -0.3 is 0 Å². The molecular formula is C11H8BrClFNO. The number of hydrogen-bond acceptors (Lipinski definition) is 2. The van der Waals surface area contributed by atoms with Crippen LogP contribution in [0.3, 0.4) is 0 Å². The quantitative estimate of drug-likeness (QED) is 0.462. The fourth-order valence-electron chi connectivity index (χ4n) is 1.92. The molecule has 84 valence electrons. The first-order chi connectivity index (χ1) is 7.59. The number of carbonyl (C=O) groups excluding carboxylic acids is 1. The van der Waals surface area contributed by atoms with Crippen LogP contribution in [0, 0.1) is 5.82 Å². The molecule has 0 atom stereocenters. The van der Waals surface area contributed by atoms with Crippen molar-refractivity contribution in [3.63, 3.8) is 0 Å². The maximum absolute atomic E-state index is 13.2. The van der Waals surface area contributed by atoms with Crippen LogP contribution in [-0.4, -0.2) is 6.08 Å². The molecule has 0 radical (unpaired) electrons. The number of hydrogen-bond donors (Lipinski definition) is 0. The van der Waals surface area contributed by atoms with Gasteiger partial charge in [0.05, 0.1) is 10.0 Å². The second kappa shape index (κ2) is 4.28. The minimum absolute atomic E-state index is 0.305. The van der Waals surface area contributed by atoms with Crippen molar-refractivity contribution in [3.8, 4) is 0 Å². The molecule has 1 aliphatic carbocycles. The van der Waals surface area contributed by atoms with Crippen molar-refractivity contribution in [2.75, 3.05) is 0 Å². The van der Waals surface area contributed by atoms with E-state index in [0.717, 1.165) is 19.3 Å². The molecule has 16 heavy (non-hydrogen) atoms. The molecule has 1 aromatic carbocycles. The van der Waals surface area contributed by atoms with E-state index in [-0.39, 0.29) is 0 Å². The molecule has 1 saturated carbocycles. The average molecular weight is 305 g/mol. The smallest absolute Gasteiger partial charge is 0.211 e. The number of nitrogens with zero attached hydrogens (tertiary/aromatic N) is 1. The summed E-state index contributed by atoms with van der Waals surface area (Å²) in [4.78, 5) is 14.3. The van der Waals surface area contributed by atoms with Gasteiger partial charge in [-0.3, -0.25) is 0 Å². The molecule has 0 amide bonds. The summed E-state index contributed by atoms with van der Waals surface area (Å²) in [6.07, 6.45) is 4.06. The minimum atomic E-state index is -0.588. The fraction of sp³-hybridized carbons (Fsp3) is 0.364. The Morgan fingerprint density at radius 3 is 2.69 bits per heavy atom. The second-order valence-electron chi connectivity index (χ2n) is 3.83. The van der Waals surface area contributed by atoms with Crippen LogP contribution >= 0.6 is 27.5 Å². The number of rotatable bonds is 2. The molecule has 1 aliphatic rings. The van der Waals surface area contributed by atoms with E-state index < -0.39 is 11.4 Å². The average Bonchev–Trinajstić information content (AvgIpc) is 2.18. The van der Waals surface area contributed by atoms with Gasteiger partial charge in [0.25, 0.3) is 0 Å². The van der Waals surface area contributed by atoms with Gasteiger partial charge in [-0.2, -0.15) is 4.99 Å². The first-order valence-corrected chi connectivity index (χ1v) is 6.00. The van der Waals surface area contributed by atoms with Crippen LogP contribution in [0.25, 0.3) is 0 Å². The highest BCUT2D eigenvalue weighted by molar-refractivity contribution is 9.10. The van der Waals surface area contributed by atoms with Crippen molar-refractivity contribution in [1.82, 2.24) is 0 Å². The molecule has 0 bridgehead atoms. The third kappa shape index (κ3) is 1.81. The van der Waals surface area contributed by atoms with Crippen molar-refractivity contribution >= 4 is 33.6 Å². The van der Waals surface area contributed by atoms with E-state index >= 15 is 0 Å². The lowest BCUT2D eigenvalue weighted by Crippen LogP contribution is -2.32. The third-order valence-electron chi connectivity index (χ3n) is 2.95. The Hall–Kier alpha value is -0.700. The summed E-state index contributed by atoms with van der Waals surface area (Å²) >= 11 is 9.09. The Morgan fingerprint density at radius 1 is 1.50 bits per heavy atom. The first-order valence-electron chi connectivity index (χ1n) is 4.83. The Kier molecular flexibility index (Phi) is 3.15. The Labute approximate surface area is 106 Å². The van der Waals surface area contributed by atoms with E-state index in [2.05, 4.69) is 20.9 Å². The van der Waals surface area contributed by atoms with Gasteiger partial charge >= 0.3 is 0 Å². The molecule has 0 saturated heterocycles. The van der Waals surface area contributed by atoms with Crippen molar-refractivity contribution in [1.29, 1.82) is 0 Å². The number of isocyanates is 1. The summed E-state index contributed by atoms with van der Waals surface area (Å²) in [5, 5.41) is 0.305. The van der Waals surface area contributed by atoms with Crippen LogP contribution in [0.4, 0.5) is 4.39 Å². The zero-order valence-electron chi connectivity index (χ0n) is 8.27. The van der Waals surface area contributed by atoms with Crippen molar-refractivity contribution in [2.24, 2.45) is 4.99 Å². The summed E-state index contributed by atoms with van der Waals surface area (Å²) in [6, 6.07) is 2.83. The third-order valence-corrected chi connectivity index (χ3v) is 3.87. The van der Waals surface area contributed by atoms with E-state index in [1.54, 1.807) is 12.1 Å². The van der Waals surface area contributed by atoms with Crippen LogP contribution in [0.5, 0.6) is 0 Å². The van der Waals surface area contributed by atoms with Gasteiger partial charge in [0.2, 0.25) is 6.08 Å². The van der Waals surface area contributed by atoms with Crippen LogP contribution < -0.4 is 0 Å². The van der Waals surface area contributed by atoms with Gasteiger partial charge in [-0.05, 0) is 47.3 Å². The molecule has 0 unspecified atom stereocenters. The van der Waals surface area contributed by atoms with E-state index in [4.69, 9.17) is 11.6 Å². The molecule has 1 fully saturated rings. The van der Waals surface area contributed by atoms with Crippen molar-refractivity contribution < 1.29 is 9.18 Å². The highest BCUT2D eigenvalue weighted by Gasteiger charge is 2.40. The van der Waals surface area contributed by atoms with Gasteiger partial charge in [0.15, 0.2) is 0 Å². The van der Waals surface area contributed by atoms with Crippen LogP contribution in [-0.2, 0) is 10.3 Å². The van der Waals surface area contributed by atoms with E-state index in [0.29, 0.717) is 15.1 Å². The van der Waals surface area contributed by atoms with E-state index in [9.17, 15) is 9.18 Å². The Balaban J connectivity index is 2.54. The predicted octanol–water partition coefficient (Wildman–Crippen LogP) is 3.96. The van der Waals surface area contributed by atoms with Crippen LogP contribution in [0.15, 0.2) is 21.6 Å². The van der Waals surface area contributed by atoms with E-state index in [1.165, 1.54) is 6.07 Å². The number of halogens is 3. The molecule has 5 heteroatoms. The highest BCUT2D eigenvalue weighted by Crippen LogP contribution is 2.48. The second-order valence-corrected chi connectivity index (χ2v) is 5.10. The van der Waals surface area contributed by atoms with Crippen LogP contribution in [0.1, 0.15) is 24.8 Å². The molecule has 0 spiro atoms. The topological polar surface area (TPSA) is 29.4 Å². The summed E-state index contributed by atoms with van der Waals surface area (Å²) < 4.78 is 13.5. The molecule has 0 heterocycles. The largest absolute Gasteiger partial charge is 0.235 e. The van der Waals surface area contributed by atoms with Crippen LogP contribution in [0.2, 0.25) is 5.02 Å². The van der Waals surface area contributed by atoms with Gasteiger partial charge in [-0.25, -0.2) is 9.18 Å². The zero-order valence-corrected chi connectivity index (χ0v) is 10.6. The zero-order chi connectivity index (χ0) is 11.8. The maximum Gasteiger partial charge on any atom is 0.235 e. The normalized spacial score (nSPS) is 17.4. The Morgan fingerprint density at radius 2 is 2.19 bits per heavy atom. The maximum atomic E-state index is 13.2. The van der Waals surface area contributed by atoms with Crippen molar-refractivity contribution in [3.05, 3.63) is 33.0 Å². The lowest BCUT2D eigenvalue weighted by Gasteiger charge is -2.37. The molecule has 2 rings (SSSR count). The molecule has 1 aromatic rings. The molecule has 0 aromatic heterocycles. The molecule has 0 aliphatic heterocycles. The number of aliphatic imine (C=N–C) groups is 1. The van der Waals surface area contributed by atoms with Gasteiger partial charge in [-0.15, -0.1) is 0 Å². The van der Waals surface area contributed by atoms with Gasteiger partial charge in [-0.1, -0.05) is 11.6 Å². The predicted molar refractivity (Wildman–Crippen MR) is 62.8 cm³/mol. The van der Waals surface area contributed by atoms with Crippen molar-refractivity contribution in [2.45, 2.75) is 24.8 Å². The first kappa shape index (κ1) is 11.8.